The molecule has 0 bridgehead atoms. The average Bonchev–Trinajstić information content (AvgIpc) is 2.16. The van der Waals surface area contributed by atoms with Crippen LogP contribution in [0.1, 0.15) is 12.0 Å². The smallest absolute Gasteiger partial charge is 0.184 e. The number of benzene rings is 1. The molecule has 1 aliphatic rings. The van der Waals surface area contributed by atoms with Crippen LogP contribution in [0.2, 0.25) is 0 Å². The molecule has 13 heavy (non-hydrogen) atoms. The number of ether oxygens (including phenoxy) is 1. The summed E-state index contributed by atoms with van der Waals surface area (Å²) in [7, 11) is 0. The molecule has 1 unspecified atom stereocenters. The van der Waals surface area contributed by atoms with Gasteiger partial charge in [-0.3, -0.25) is 0 Å². The Morgan fingerprint density at radius 3 is 3.15 bits per heavy atom. The van der Waals surface area contributed by atoms with E-state index in [9.17, 15) is 4.39 Å². The first-order valence-corrected chi connectivity index (χ1v) is 4.14. The largest absolute Gasteiger partial charge is 0.475 e. The fourth-order valence-corrected chi connectivity index (χ4v) is 1.43. The quantitative estimate of drug-likeness (QED) is 0.607. The molecule has 1 heterocycles. The van der Waals surface area contributed by atoms with Crippen LogP contribution in [0.5, 0.6) is 5.75 Å². The van der Waals surface area contributed by atoms with Gasteiger partial charge in [0, 0.05) is 12.5 Å². The van der Waals surface area contributed by atoms with Gasteiger partial charge in [0.1, 0.15) is 17.6 Å². The lowest BCUT2D eigenvalue weighted by Crippen LogP contribution is -2.20. The first-order valence-electron chi connectivity index (χ1n) is 4.14. The van der Waals surface area contributed by atoms with Gasteiger partial charge < -0.3 is 4.74 Å². The Labute approximate surface area is 75.6 Å². The van der Waals surface area contributed by atoms with Gasteiger partial charge in [-0.1, -0.05) is 6.07 Å². The molecule has 2 rings (SSSR count). The maximum atomic E-state index is 12.8. The molecule has 0 aliphatic carbocycles. The van der Waals surface area contributed by atoms with E-state index in [1.807, 2.05) is 6.07 Å². The molecule has 0 spiro atoms. The van der Waals surface area contributed by atoms with Crippen molar-refractivity contribution < 1.29 is 9.13 Å². The maximum absolute atomic E-state index is 12.8. The van der Waals surface area contributed by atoms with E-state index in [4.69, 9.17) is 10.00 Å². The number of aryl methyl sites for hydroxylation is 1. The van der Waals surface area contributed by atoms with Crippen LogP contribution in [0.15, 0.2) is 18.2 Å². The molecule has 1 aliphatic heterocycles. The average molecular weight is 177 g/mol. The van der Waals surface area contributed by atoms with E-state index >= 15 is 0 Å². The molecular formula is C10H8FNO. The Morgan fingerprint density at radius 1 is 1.54 bits per heavy atom. The number of nitrogens with zero attached hydrogens (tertiary/aromatic N) is 1. The molecule has 0 saturated heterocycles. The van der Waals surface area contributed by atoms with Crippen LogP contribution in [0.25, 0.3) is 0 Å². The molecule has 0 fully saturated rings. The van der Waals surface area contributed by atoms with Gasteiger partial charge in [0.15, 0.2) is 6.10 Å². The van der Waals surface area contributed by atoms with Crippen molar-refractivity contribution in [3.8, 4) is 11.8 Å². The molecule has 0 N–H and O–H groups in total. The van der Waals surface area contributed by atoms with Crippen LogP contribution in [0, 0.1) is 17.1 Å². The Hall–Kier alpha value is -1.56. The van der Waals surface area contributed by atoms with Gasteiger partial charge in [0.2, 0.25) is 0 Å². The first kappa shape index (κ1) is 8.06. The number of halogens is 1. The fraction of sp³-hybridized carbons (Fsp3) is 0.300. The highest BCUT2D eigenvalue weighted by molar-refractivity contribution is 5.36. The van der Waals surface area contributed by atoms with Crippen LogP contribution in [0.4, 0.5) is 4.39 Å². The SMILES string of the molecule is N#CC1CCc2ccc(F)cc2O1. The van der Waals surface area contributed by atoms with E-state index in [1.54, 1.807) is 6.07 Å². The van der Waals surface area contributed by atoms with E-state index in [-0.39, 0.29) is 5.82 Å². The highest BCUT2D eigenvalue weighted by Crippen LogP contribution is 2.27. The number of hydrogen-bond acceptors (Lipinski definition) is 2. The Kier molecular flexibility index (Phi) is 1.90. The van der Waals surface area contributed by atoms with E-state index in [1.165, 1.54) is 12.1 Å². The fourth-order valence-electron chi connectivity index (χ4n) is 1.43. The normalized spacial score (nSPS) is 19.8. The summed E-state index contributed by atoms with van der Waals surface area (Å²) >= 11 is 0. The summed E-state index contributed by atoms with van der Waals surface area (Å²) in [6.07, 6.45) is 1.05. The zero-order valence-electron chi connectivity index (χ0n) is 6.96. The second kappa shape index (κ2) is 3.06. The molecule has 3 heteroatoms. The molecule has 1 atom stereocenters. The van der Waals surface area contributed by atoms with E-state index < -0.39 is 6.10 Å². The number of nitriles is 1. The third-order valence-electron chi connectivity index (χ3n) is 2.12. The van der Waals surface area contributed by atoms with Crippen LogP contribution < -0.4 is 4.74 Å². The van der Waals surface area contributed by atoms with Crippen LogP contribution in [0.3, 0.4) is 0 Å². The minimum atomic E-state index is -0.422. The highest BCUT2D eigenvalue weighted by atomic mass is 19.1. The molecule has 66 valence electrons. The molecule has 2 nitrogen and oxygen atoms in total. The topological polar surface area (TPSA) is 33.0 Å². The minimum absolute atomic E-state index is 0.322. The monoisotopic (exact) mass is 177 g/mol. The van der Waals surface area contributed by atoms with Crippen LogP contribution >= 0.6 is 0 Å². The van der Waals surface area contributed by atoms with Gasteiger partial charge in [0.25, 0.3) is 0 Å². The number of hydrogen-bond donors (Lipinski definition) is 0. The van der Waals surface area contributed by atoms with Crippen LogP contribution in [-0.4, -0.2) is 6.10 Å². The summed E-state index contributed by atoms with van der Waals surface area (Å²) in [4.78, 5) is 0. The summed E-state index contributed by atoms with van der Waals surface area (Å²) in [5.41, 5.74) is 0.980. The second-order valence-corrected chi connectivity index (χ2v) is 3.03. The molecule has 0 aromatic heterocycles. The van der Waals surface area contributed by atoms with Crippen molar-refractivity contribution in [3.63, 3.8) is 0 Å². The highest BCUT2D eigenvalue weighted by Gasteiger charge is 2.19. The lowest BCUT2D eigenvalue weighted by atomic mass is 10.0. The van der Waals surface area contributed by atoms with E-state index in [0.29, 0.717) is 12.2 Å². The third kappa shape index (κ3) is 1.48. The third-order valence-corrected chi connectivity index (χ3v) is 2.12. The summed E-state index contributed by atoms with van der Waals surface area (Å²) in [5, 5.41) is 8.62. The van der Waals surface area contributed by atoms with Crippen LogP contribution in [-0.2, 0) is 6.42 Å². The summed E-state index contributed by atoms with van der Waals surface area (Å²) in [5.74, 6) is 0.190. The lowest BCUT2D eigenvalue weighted by molar-refractivity contribution is 0.224. The van der Waals surface area contributed by atoms with Gasteiger partial charge in [-0.25, -0.2) is 4.39 Å². The Bertz CT molecular complexity index is 370. The second-order valence-electron chi connectivity index (χ2n) is 3.03. The molecule has 1 aromatic carbocycles. The summed E-state index contributed by atoms with van der Waals surface area (Å²) in [6, 6.07) is 6.47. The summed E-state index contributed by atoms with van der Waals surface area (Å²) in [6.45, 7) is 0. The maximum Gasteiger partial charge on any atom is 0.184 e. The van der Waals surface area contributed by atoms with Crippen molar-refractivity contribution >= 4 is 0 Å². The van der Waals surface area contributed by atoms with Crippen molar-refractivity contribution in [1.29, 1.82) is 5.26 Å². The predicted octanol–water partition coefficient (Wildman–Crippen LogP) is 2.04. The Balaban J connectivity index is 2.34. The Morgan fingerprint density at radius 2 is 2.38 bits per heavy atom. The van der Waals surface area contributed by atoms with Crippen molar-refractivity contribution in [3.05, 3.63) is 29.6 Å². The molecule has 1 aromatic rings. The number of rotatable bonds is 0. The van der Waals surface area contributed by atoms with Gasteiger partial charge >= 0.3 is 0 Å². The van der Waals surface area contributed by atoms with Crippen molar-refractivity contribution in [1.82, 2.24) is 0 Å². The standard InChI is InChI=1S/C10H8FNO/c11-8-3-1-7-2-4-9(6-12)13-10(7)5-8/h1,3,5,9H,2,4H2. The zero-order chi connectivity index (χ0) is 9.26. The van der Waals surface area contributed by atoms with Gasteiger partial charge in [0.05, 0.1) is 0 Å². The lowest BCUT2D eigenvalue weighted by Gasteiger charge is -2.20. The van der Waals surface area contributed by atoms with E-state index in [2.05, 4.69) is 0 Å². The van der Waals surface area contributed by atoms with Gasteiger partial charge in [-0.15, -0.1) is 0 Å². The molecule has 0 amide bonds. The van der Waals surface area contributed by atoms with Gasteiger partial charge in [-0.2, -0.15) is 5.26 Å². The van der Waals surface area contributed by atoms with Crippen molar-refractivity contribution in [2.45, 2.75) is 18.9 Å². The van der Waals surface area contributed by atoms with Crippen molar-refractivity contribution in [2.75, 3.05) is 0 Å². The first-order chi connectivity index (χ1) is 6.29. The predicted molar refractivity (Wildman–Crippen MR) is 44.8 cm³/mol. The summed E-state index contributed by atoms with van der Waals surface area (Å²) < 4.78 is 18.0. The van der Waals surface area contributed by atoms with E-state index in [0.717, 1.165) is 12.0 Å². The molecule has 0 radical (unpaired) electrons. The number of fused-ring (bicyclic) bond motifs is 1. The molecule has 0 saturated carbocycles. The minimum Gasteiger partial charge on any atom is -0.475 e. The molecular weight excluding hydrogens is 169 g/mol. The van der Waals surface area contributed by atoms with Crippen molar-refractivity contribution in [2.24, 2.45) is 0 Å². The van der Waals surface area contributed by atoms with Gasteiger partial charge in [-0.05, 0) is 18.1 Å². The zero-order valence-corrected chi connectivity index (χ0v) is 6.96.